The summed E-state index contributed by atoms with van der Waals surface area (Å²) < 4.78 is 0.903. The molecule has 116 valence electrons. The Morgan fingerprint density at radius 3 is 2.78 bits per heavy atom. The number of aromatic carboxylic acids is 1. The standard InChI is InChI=1S/C16H12BrN3O2S/c17-9-5-6-12-11(7-9)15(14(23-18)8-19-12)20-13-4-2-1-3-10(13)16(21)22/h1-8H,18H2,(H,19,20)(H,21,22). The first kappa shape index (κ1) is 15.8. The fourth-order valence-electron chi connectivity index (χ4n) is 2.28. The van der Waals surface area contributed by atoms with Crippen LogP contribution < -0.4 is 10.5 Å². The molecular weight excluding hydrogens is 378 g/mol. The molecule has 5 nitrogen and oxygen atoms in total. The van der Waals surface area contributed by atoms with E-state index in [1.165, 1.54) is 0 Å². The fraction of sp³-hybridized carbons (Fsp3) is 0. The lowest BCUT2D eigenvalue weighted by molar-refractivity contribution is 0.0698. The topological polar surface area (TPSA) is 88.2 Å². The first-order valence-electron chi connectivity index (χ1n) is 6.64. The maximum Gasteiger partial charge on any atom is 0.337 e. The molecule has 0 unspecified atom stereocenters. The summed E-state index contributed by atoms with van der Waals surface area (Å²) in [4.78, 5) is 16.5. The van der Waals surface area contributed by atoms with E-state index in [1.54, 1.807) is 30.5 Å². The first-order valence-corrected chi connectivity index (χ1v) is 8.32. The summed E-state index contributed by atoms with van der Waals surface area (Å²) in [6.07, 6.45) is 1.67. The Morgan fingerprint density at radius 2 is 2.04 bits per heavy atom. The molecule has 23 heavy (non-hydrogen) atoms. The number of anilines is 2. The Morgan fingerprint density at radius 1 is 1.26 bits per heavy atom. The van der Waals surface area contributed by atoms with E-state index in [-0.39, 0.29) is 5.56 Å². The number of fused-ring (bicyclic) bond motifs is 1. The van der Waals surface area contributed by atoms with Gasteiger partial charge in [0.2, 0.25) is 0 Å². The van der Waals surface area contributed by atoms with Crippen LogP contribution in [0.3, 0.4) is 0 Å². The normalized spacial score (nSPS) is 10.7. The largest absolute Gasteiger partial charge is 0.478 e. The predicted octanol–water partition coefficient (Wildman–Crippen LogP) is 4.40. The van der Waals surface area contributed by atoms with Crippen LogP contribution in [0.5, 0.6) is 0 Å². The molecule has 3 aromatic rings. The fourth-order valence-corrected chi connectivity index (χ4v) is 3.03. The molecule has 2 aromatic carbocycles. The van der Waals surface area contributed by atoms with E-state index in [0.29, 0.717) is 5.69 Å². The van der Waals surface area contributed by atoms with Gasteiger partial charge in [0.25, 0.3) is 0 Å². The van der Waals surface area contributed by atoms with E-state index < -0.39 is 5.97 Å². The number of aromatic nitrogens is 1. The second-order valence-corrected chi connectivity index (χ2v) is 6.34. The number of carboxylic acids is 1. The zero-order valence-corrected chi connectivity index (χ0v) is 14.2. The van der Waals surface area contributed by atoms with Gasteiger partial charge in [-0.3, -0.25) is 10.1 Å². The lowest BCUT2D eigenvalue weighted by Gasteiger charge is -2.15. The summed E-state index contributed by atoms with van der Waals surface area (Å²) in [5, 5.41) is 19.1. The van der Waals surface area contributed by atoms with Crippen molar-refractivity contribution < 1.29 is 9.90 Å². The Labute approximate surface area is 145 Å². The minimum atomic E-state index is -0.991. The van der Waals surface area contributed by atoms with Crippen LogP contribution in [0.4, 0.5) is 11.4 Å². The van der Waals surface area contributed by atoms with E-state index in [9.17, 15) is 9.90 Å². The van der Waals surface area contributed by atoms with Crippen molar-refractivity contribution in [1.82, 2.24) is 4.98 Å². The van der Waals surface area contributed by atoms with Gasteiger partial charge in [-0.2, -0.15) is 0 Å². The van der Waals surface area contributed by atoms with Crippen LogP contribution >= 0.6 is 27.9 Å². The number of nitrogens with one attached hydrogen (secondary N) is 1. The zero-order chi connectivity index (χ0) is 16.4. The molecule has 4 N–H and O–H groups in total. The molecule has 1 heterocycles. The Kier molecular flexibility index (Phi) is 4.51. The van der Waals surface area contributed by atoms with E-state index in [2.05, 4.69) is 26.2 Å². The molecule has 0 atom stereocenters. The van der Waals surface area contributed by atoms with Crippen LogP contribution in [-0.4, -0.2) is 16.1 Å². The number of nitrogens with zero attached hydrogens (tertiary/aromatic N) is 1. The average Bonchev–Trinajstić information content (AvgIpc) is 2.55. The number of carbonyl (C=O) groups is 1. The van der Waals surface area contributed by atoms with E-state index in [1.807, 2.05) is 18.2 Å². The van der Waals surface area contributed by atoms with E-state index >= 15 is 0 Å². The molecule has 1 aromatic heterocycles. The number of carboxylic acid groups (broad SMARTS) is 1. The molecule has 3 rings (SSSR count). The molecule has 0 saturated carbocycles. The summed E-state index contributed by atoms with van der Waals surface area (Å²) in [5.41, 5.74) is 2.22. The van der Waals surface area contributed by atoms with Crippen molar-refractivity contribution in [1.29, 1.82) is 0 Å². The van der Waals surface area contributed by atoms with Gasteiger partial charge in [-0.1, -0.05) is 28.1 Å². The number of benzene rings is 2. The summed E-state index contributed by atoms with van der Waals surface area (Å²) in [5.74, 6) is -0.991. The highest BCUT2D eigenvalue weighted by molar-refractivity contribution is 9.10. The van der Waals surface area contributed by atoms with Crippen molar-refractivity contribution in [2.75, 3.05) is 5.32 Å². The van der Waals surface area contributed by atoms with Gasteiger partial charge in [0.15, 0.2) is 0 Å². The third kappa shape index (κ3) is 3.17. The van der Waals surface area contributed by atoms with Gasteiger partial charge in [0.1, 0.15) is 0 Å². The van der Waals surface area contributed by atoms with Crippen molar-refractivity contribution >= 4 is 56.1 Å². The van der Waals surface area contributed by atoms with Crippen LogP contribution in [-0.2, 0) is 0 Å². The molecular formula is C16H12BrN3O2S. The monoisotopic (exact) mass is 389 g/mol. The maximum atomic E-state index is 11.4. The van der Waals surface area contributed by atoms with Gasteiger partial charge < -0.3 is 10.4 Å². The van der Waals surface area contributed by atoms with E-state index in [4.69, 9.17) is 5.14 Å². The third-order valence-electron chi connectivity index (χ3n) is 3.34. The van der Waals surface area contributed by atoms with E-state index in [0.717, 1.165) is 37.9 Å². The Hall–Kier alpha value is -2.09. The van der Waals surface area contributed by atoms with Gasteiger partial charge in [0.05, 0.1) is 27.4 Å². The molecule has 0 aliphatic rings. The van der Waals surface area contributed by atoms with Gasteiger partial charge in [-0.25, -0.2) is 4.79 Å². The van der Waals surface area contributed by atoms with Gasteiger partial charge >= 0.3 is 5.97 Å². The number of nitrogens with two attached hydrogens (primary N) is 1. The van der Waals surface area contributed by atoms with Gasteiger partial charge in [0, 0.05) is 16.1 Å². The molecule has 0 bridgehead atoms. The highest BCUT2D eigenvalue weighted by Crippen LogP contribution is 2.35. The number of rotatable bonds is 4. The van der Waals surface area contributed by atoms with Crippen molar-refractivity contribution in [3.63, 3.8) is 0 Å². The van der Waals surface area contributed by atoms with Crippen molar-refractivity contribution in [3.05, 3.63) is 58.7 Å². The summed E-state index contributed by atoms with van der Waals surface area (Å²) in [6.45, 7) is 0. The zero-order valence-electron chi connectivity index (χ0n) is 11.8. The number of para-hydroxylation sites is 1. The van der Waals surface area contributed by atoms with Gasteiger partial charge in [-0.05, 0) is 42.3 Å². The molecule has 0 amide bonds. The van der Waals surface area contributed by atoms with Crippen molar-refractivity contribution in [2.45, 2.75) is 4.90 Å². The number of hydrogen-bond acceptors (Lipinski definition) is 5. The number of pyridine rings is 1. The molecule has 0 spiro atoms. The molecule has 0 saturated heterocycles. The molecule has 7 heteroatoms. The summed E-state index contributed by atoms with van der Waals surface area (Å²) >= 11 is 4.51. The molecule has 0 aliphatic heterocycles. The molecule has 0 fully saturated rings. The lowest BCUT2D eigenvalue weighted by atomic mass is 10.1. The highest BCUT2D eigenvalue weighted by atomic mass is 79.9. The maximum absolute atomic E-state index is 11.4. The van der Waals surface area contributed by atoms with Gasteiger partial charge in [-0.15, -0.1) is 0 Å². The minimum absolute atomic E-state index is 0.195. The smallest absolute Gasteiger partial charge is 0.337 e. The average molecular weight is 390 g/mol. The second-order valence-electron chi connectivity index (χ2n) is 4.75. The summed E-state index contributed by atoms with van der Waals surface area (Å²) in [7, 11) is 0. The van der Waals surface area contributed by atoms with Crippen LogP contribution in [0.1, 0.15) is 10.4 Å². The number of halogens is 1. The molecule has 0 radical (unpaired) electrons. The van der Waals surface area contributed by atoms with Crippen LogP contribution in [0.2, 0.25) is 0 Å². The van der Waals surface area contributed by atoms with Crippen LogP contribution in [0.15, 0.2) is 58.0 Å². The predicted molar refractivity (Wildman–Crippen MR) is 96.2 cm³/mol. The Balaban J connectivity index is 2.19. The third-order valence-corrected chi connectivity index (χ3v) is 4.40. The second kappa shape index (κ2) is 6.57. The summed E-state index contributed by atoms with van der Waals surface area (Å²) in [6, 6.07) is 12.5. The lowest BCUT2D eigenvalue weighted by Crippen LogP contribution is -2.04. The van der Waals surface area contributed by atoms with Crippen molar-refractivity contribution in [3.8, 4) is 0 Å². The number of hydrogen-bond donors (Lipinski definition) is 3. The first-order chi connectivity index (χ1) is 11.1. The highest BCUT2D eigenvalue weighted by Gasteiger charge is 2.14. The van der Waals surface area contributed by atoms with Crippen LogP contribution in [0.25, 0.3) is 10.9 Å². The van der Waals surface area contributed by atoms with Crippen LogP contribution in [0, 0.1) is 0 Å². The molecule has 0 aliphatic carbocycles. The minimum Gasteiger partial charge on any atom is -0.478 e. The quantitative estimate of drug-likeness (QED) is 0.572. The SMILES string of the molecule is NSc1cnc2ccc(Br)cc2c1Nc1ccccc1C(=O)O. The van der Waals surface area contributed by atoms with Crippen molar-refractivity contribution in [2.24, 2.45) is 5.14 Å². The Bertz CT molecular complexity index is 902.